The number of rotatable bonds is 13. The first-order valence-electron chi connectivity index (χ1n) is 8.15. The van der Waals surface area contributed by atoms with Crippen molar-refractivity contribution in [1.29, 1.82) is 0 Å². The fourth-order valence-corrected chi connectivity index (χ4v) is 3.11. The van der Waals surface area contributed by atoms with Crippen molar-refractivity contribution in [2.24, 2.45) is 22.6 Å². The van der Waals surface area contributed by atoms with Gasteiger partial charge >= 0.3 is 0 Å². The van der Waals surface area contributed by atoms with Crippen LogP contribution >= 0.6 is 0 Å². The molecule has 3 atom stereocenters. The molecule has 0 radical (unpaired) electrons. The molecule has 0 aliphatic rings. The first-order valence-corrected chi connectivity index (χ1v) is 8.15. The molecule has 3 unspecified atom stereocenters. The van der Waals surface area contributed by atoms with E-state index in [4.69, 9.17) is 17.2 Å². The fourth-order valence-electron chi connectivity index (χ4n) is 3.11. The third-order valence-corrected chi connectivity index (χ3v) is 4.52. The van der Waals surface area contributed by atoms with Crippen LogP contribution in [0.15, 0.2) is 0 Å². The van der Waals surface area contributed by atoms with Gasteiger partial charge in [-0.3, -0.25) is 0 Å². The van der Waals surface area contributed by atoms with Crippen molar-refractivity contribution in [3.05, 3.63) is 0 Å². The molecule has 0 aliphatic carbocycles. The molecule has 6 nitrogen and oxygen atoms in total. The van der Waals surface area contributed by atoms with Crippen molar-refractivity contribution < 1.29 is 15.3 Å². The Bertz CT molecular complexity index is 218. The first-order chi connectivity index (χ1) is 10.0. The normalized spacial score (nSPS) is 19.0. The van der Waals surface area contributed by atoms with Gasteiger partial charge in [0, 0.05) is 5.41 Å². The van der Waals surface area contributed by atoms with Crippen molar-refractivity contribution >= 4 is 0 Å². The van der Waals surface area contributed by atoms with Crippen LogP contribution in [0.1, 0.15) is 51.9 Å². The van der Waals surface area contributed by atoms with Crippen molar-refractivity contribution in [2.45, 2.75) is 70.2 Å². The van der Waals surface area contributed by atoms with E-state index in [1.54, 1.807) is 0 Å². The topological polar surface area (TPSA) is 139 Å². The number of hydrogen-bond acceptors (Lipinski definition) is 6. The van der Waals surface area contributed by atoms with E-state index >= 15 is 0 Å². The fraction of sp³-hybridized carbons (Fsp3) is 1.00. The molecule has 0 aliphatic heterocycles. The zero-order chi connectivity index (χ0) is 16.3. The van der Waals surface area contributed by atoms with Gasteiger partial charge in [0.05, 0.1) is 18.3 Å². The standard InChI is InChI=1S/C15H35N3O3/c1-2-15(12(19)6-3-9-16,13(20)7-4-10-17)14(21)8-5-11-18/h12-14,19-21H,2-11,16-18H2,1H3. The van der Waals surface area contributed by atoms with Gasteiger partial charge in [0.1, 0.15) is 0 Å². The van der Waals surface area contributed by atoms with Crippen LogP contribution in [0.5, 0.6) is 0 Å². The van der Waals surface area contributed by atoms with Gasteiger partial charge in [-0.05, 0) is 64.6 Å². The molecule has 21 heavy (non-hydrogen) atoms. The molecular weight excluding hydrogens is 270 g/mol. The highest BCUT2D eigenvalue weighted by molar-refractivity contribution is 4.97. The molecule has 0 spiro atoms. The van der Waals surface area contributed by atoms with Crippen molar-refractivity contribution in [3.63, 3.8) is 0 Å². The Morgan fingerprint density at radius 1 is 0.714 bits per heavy atom. The Kier molecular flexibility index (Phi) is 11.2. The maximum absolute atomic E-state index is 10.6. The van der Waals surface area contributed by atoms with E-state index in [9.17, 15) is 15.3 Å². The largest absolute Gasteiger partial charge is 0.392 e. The lowest BCUT2D eigenvalue weighted by Crippen LogP contribution is -2.53. The summed E-state index contributed by atoms with van der Waals surface area (Å²) in [7, 11) is 0. The van der Waals surface area contributed by atoms with Gasteiger partial charge in [0.15, 0.2) is 0 Å². The molecule has 0 aromatic rings. The molecule has 0 amide bonds. The van der Waals surface area contributed by atoms with Crippen molar-refractivity contribution in [1.82, 2.24) is 0 Å². The molecule has 0 fully saturated rings. The summed E-state index contributed by atoms with van der Waals surface area (Å²) < 4.78 is 0. The quantitative estimate of drug-likeness (QED) is 0.276. The lowest BCUT2D eigenvalue weighted by molar-refractivity contribution is -0.148. The van der Waals surface area contributed by atoms with E-state index in [1.807, 2.05) is 6.92 Å². The van der Waals surface area contributed by atoms with Crippen LogP contribution in [0.3, 0.4) is 0 Å². The second kappa shape index (κ2) is 11.3. The van der Waals surface area contributed by atoms with Crippen LogP contribution in [0, 0.1) is 5.41 Å². The highest BCUT2D eigenvalue weighted by Gasteiger charge is 2.47. The van der Waals surface area contributed by atoms with E-state index in [1.165, 1.54) is 0 Å². The molecule has 128 valence electrons. The SMILES string of the molecule is CCC(C(O)CCCN)(C(O)CCCN)C(O)CCCN. The zero-order valence-corrected chi connectivity index (χ0v) is 13.4. The molecule has 9 N–H and O–H groups in total. The van der Waals surface area contributed by atoms with Gasteiger partial charge in [-0.2, -0.15) is 0 Å². The zero-order valence-electron chi connectivity index (χ0n) is 13.4. The minimum Gasteiger partial charge on any atom is -0.392 e. The molecule has 0 heterocycles. The Morgan fingerprint density at radius 3 is 1.19 bits per heavy atom. The smallest absolute Gasteiger partial charge is 0.0646 e. The maximum Gasteiger partial charge on any atom is 0.0646 e. The van der Waals surface area contributed by atoms with Crippen LogP contribution in [-0.4, -0.2) is 53.3 Å². The predicted octanol–water partition coefficient (Wildman–Crippen LogP) is -0.318. The summed E-state index contributed by atoms with van der Waals surface area (Å²) in [6.07, 6.45) is 1.56. The lowest BCUT2D eigenvalue weighted by Gasteiger charge is -2.45. The first kappa shape index (κ1) is 20.8. The van der Waals surface area contributed by atoms with Gasteiger partial charge in [-0.1, -0.05) is 6.92 Å². The lowest BCUT2D eigenvalue weighted by atomic mass is 9.66. The van der Waals surface area contributed by atoms with E-state index in [0.717, 1.165) is 0 Å². The van der Waals surface area contributed by atoms with Gasteiger partial charge in [-0.15, -0.1) is 0 Å². The molecule has 0 saturated carbocycles. The van der Waals surface area contributed by atoms with E-state index in [-0.39, 0.29) is 0 Å². The summed E-state index contributed by atoms with van der Waals surface area (Å²) in [5.41, 5.74) is 15.6. The second-order valence-electron chi connectivity index (χ2n) is 5.81. The summed E-state index contributed by atoms with van der Waals surface area (Å²) in [4.78, 5) is 0. The number of aliphatic hydroxyl groups excluding tert-OH is 3. The van der Waals surface area contributed by atoms with Crippen LogP contribution in [-0.2, 0) is 0 Å². The summed E-state index contributed by atoms with van der Waals surface area (Å²) in [6, 6.07) is 0. The summed E-state index contributed by atoms with van der Waals surface area (Å²) in [6.45, 7) is 3.33. The minimum absolute atomic E-state index is 0.476. The third-order valence-electron chi connectivity index (χ3n) is 4.52. The highest BCUT2D eigenvalue weighted by Crippen LogP contribution is 2.40. The molecule has 0 saturated heterocycles. The van der Waals surface area contributed by atoms with Crippen LogP contribution in [0.25, 0.3) is 0 Å². The van der Waals surface area contributed by atoms with E-state index in [0.29, 0.717) is 64.6 Å². The third kappa shape index (κ3) is 5.81. The van der Waals surface area contributed by atoms with Gasteiger partial charge < -0.3 is 32.5 Å². The number of aliphatic hydroxyl groups is 3. The molecule has 0 aromatic heterocycles. The Balaban J connectivity index is 5.14. The summed E-state index contributed by atoms with van der Waals surface area (Å²) in [5, 5.41) is 31.8. The average molecular weight is 305 g/mol. The van der Waals surface area contributed by atoms with E-state index < -0.39 is 23.7 Å². The van der Waals surface area contributed by atoms with Crippen molar-refractivity contribution in [2.75, 3.05) is 19.6 Å². The van der Waals surface area contributed by atoms with Crippen LogP contribution < -0.4 is 17.2 Å². The summed E-state index contributed by atoms with van der Waals surface area (Å²) in [5.74, 6) is 0. The van der Waals surface area contributed by atoms with Gasteiger partial charge in [0.2, 0.25) is 0 Å². The minimum atomic E-state index is -0.931. The molecule has 0 rings (SSSR count). The Hall–Kier alpha value is -0.240. The number of nitrogens with two attached hydrogens (primary N) is 3. The highest BCUT2D eigenvalue weighted by atomic mass is 16.3. The average Bonchev–Trinajstić information content (AvgIpc) is 2.49. The Labute approximate surface area is 128 Å². The van der Waals surface area contributed by atoms with Gasteiger partial charge in [-0.25, -0.2) is 0 Å². The van der Waals surface area contributed by atoms with E-state index in [2.05, 4.69) is 0 Å². The molecule has 0 aromatic carbocycles. The van der Waals surface area contributed by atoms with Gasteiger partial charge in [0.25, 0.3) is 0 Å². The van der Waals surface area contributed by atoms with Crippen LogP contribution in [0.4, 0.5) is 0 Å². The number of hydrogen-bond donors (Lipinski definition) is 6. The summed E-state index contributed by atoms with van der Waals surface area (Å²) >= 11 is 0. The Morgan fingerprint density at radius 2 is 1.00 bits per heavy atom. The van der Waals surface area contributed by atoms with Crippen LogP contribution in [0.2, 0.25) is 0 Å². The predicted molar refractivity (Wildman–Crippen MR) is 85.6 cm³/mol. The molecule has 0 bridgehead atoms. The molecule has 6 heteroatoms. The molecular formula is C15H35N3O3. The monoisotopic (exact) mass is 305 g/mol. The maximum atomic E-state index is 10.6. The van der Waals surface area contributed by atoms with Crippen molar-refractivity contribution in [3.8, 4) is 0 Å². The second-order valence-corrected chi connectivity index (χ2v) is 5.81.